The molecule has 0 saturated carbocycles. The molecule has 0 aromatic carbocycles. The van der Waals surface area contributed by atoms with Crippen molar-refractivity contribution in [1.82, 2.24) is 0 Å². The van der Waals surface area contributed by atoms with E-state index in [2.05, 4.69) is 0 Å². The van der Waals surface area contributed by atoms with Crippen molar-refractivity contribution in [1.29, 1.82) is 0 Å². The molecule has 0 N–H and O–H groups in total. The summed E-state index contributed by atoms with van der Waals surface area (Å²) in [6, 6.07) is 0. The Morgan fingerprint density at radius 2 is 2.43 bits per heavy atom. The lowest BCUT2D eigenvalue weighted by atomic mass is 10.1. The van der Waals surface area contributed by atoms with Crippen LogP contribution in [0.1, 0.15) is 46.0 Å². The maximum atomic E-state index is 10.8. The molecule has 1 rings (SSSR count). The first-order valence-corrected chi connectivity index (χ1v) is 5.51. The minimum Gasteiger partial charge on any atom is -0.463 e. The molecular weight excluding hydrogens is 180 g/mol. The molecule has 82 valence electrons. The van der Waals surface area contributed by atoms with Crippen molar-refractivity contribution >= 4 is 5.97 Å². The lowest BCUT2D eigenvalue weighted by molar-refractivity contribution is -0.147. The van der Waals surface area contributed by atoms with Crippen LogP contribution in [0.25, 0.3) is 0 Å². The third-order valence-electron chi connectivity index (χ3n) is 2.62. The van der Waals surface area contributed by atoms with Crippen LogP contribution in [0.2, 0.25) is 0 Å². The molecule has 0 aromatic rings. The summed E-state index contributed by atoms with van der Waals surface area (Å²) in [6.07, 6.45) is 5.67. The van der Waals surface area contributed by atoms with Gasteiger partial charge in [0.2, 0.25) is 0 Å². The van der Waals surface area contributed by atoms with E-state index in [1.807, 2.05) is 6.92 Å². The molecule has 0 bridgehead atoms. The number of esters is 1. The van der Waals surface area contributed by atoms with Crippen LogP contribution in [-0.4, -0.2) is 24.8 Å². The molecule has 2 atom stereocenters. The highest BCUT2D eigenvalue weighted by atomic mass is 16.5. The van der Waals surface area contributed by atoms with Gasteiger partial charge in [-0.15, -0.1) is 0 Å². The fourth-order valence-electron chi connectivity index (χ4n) is 1.82. The van der Waals surface area contributed by atoms with Crippen LogP contribution in [-0.2, 0) is 14.3 Å². The second-order valence-electron chi connectivity index (χ2n) is 3.85. The average Bonchev–Trinajstić information content (AvgIpc) is 2.64. The van der Waals surface area contributed by atoms with E-state index in [9.17, 15) is 4.79 Å². The zero-order chi connectivity index (χ0) is 10.4. The Labute approximate surface area is 85.8 Å². The van der Waals surface area contributed by atoms with Crippen molar-refractivity contribution in [3.05, 3.63) is 0 Å². The smallest absolute Gasteiger partial charge is 0.302 e. The van der Waals surface area contributed by atoms with Gasteiger partial charge < -0.3 is 9.47 Å². The fraction of sp³-hybridized carbons (Fsp3) is 0.909. The summed E-state index contributed by atoms with van der Waals surface area (Å²) in [5.74, 6) is -0.177. The van der Waals surface area contributed by atoms with Gasteiger partial charge >= 0.3 is 5.97 Å². The Morgan fingerprint density at radius 3 is 2.93 bits per heavy atom. The first kappa shape index (κ1) is 11.5. The summed E-state index contributed by atoms with van der Waals surface area (Å²) < 4.78 is 10.7. The van der Waals surface area contributed by atoms with Gasteiger partial charge in [0, 0.05) is 13.5 Å². The number of ether oxygens (including phenoxy) is 2. The van der Waals surface area contributed by atoms with Crippen molar-refractivity contribution in [2.75, 3.05) is 6.61 Å². The van der Waals surface area contributed by atoms with Crippen LogP contribution in [0.15, 0.2) is 0 Å². The Kier molecular flexibility index (Phi) is 4.94. The van der Waals surface area contributed by atoms with E-state index in [0.717, 1.165) is 32.3 Å². The number of hydrogen-bond donors (Lipinski definition) is 0. The topological polar surface area (TPSA) is 35.5 Å². The highest BCUT2D eigenvalue weighted by Crippen LogP contribution is 2.19. The van der Waals surface area contributed by atoms with Crippen LogP contribution >= 0.6 is 0 Å². The Balaban J connectivity index is 2.15. The maximum absolute atomic E-state index is 10.8. The molecule has 1 saturated heterocycles. The van der Waals surface area contributed by atoms with Crippen molar-refractivity contribution in [2.24, 2.45) is 0 Å². The SMILES string of the molecule is CC[C@@H](CC[C@H]1CCCO1)OC(C)=O. The van der Waals surface area contributed by atoms with Crippen LogP contribution in [0, 0.1) is 0 Å². The third kappa shape index (κ3) is 4.09. The van der Waals surface area contributed by atoms with Crippen LogP contribution in [0.4, 0.5) is 0 Å². The standard InChI is InChI=1S/C11H20O3/c1-3-10(14-9(2)12)6-7-11-5-4-8-13-11/h10-11H,3-8H2,1-2H3/t10-,11+/m0/s1. The number of hydrogen-bond acceptors (Lipinski definition) is 3. The number of carbonyl (C=O) groups is 1. The van der Waals surface area contributed by atoms with E-state index < -0.39 is 0 Å². The van der Waals surface area contributed by atoms with E-state index >= 15 is 0 Å². The lowest BCUT2D eigenvalue weighted by Gasteiger charge is -2.16. The summed E-state index contributed by atoms with van der Waals surface area (Å²) in [5.41, 5.74) is 0. The molecule has 0 amide bonds. The first-order chi connectivity index (χ1) is 6.72. The number of rotatable bonds is 5. The molecule has 0 spiro atoms. The van der Waals surface area contributed by atoms with Crippen molar-refractivity contribution in [2.45, 2.75) is 58.2 Å². The van der Waals surface area contributed by atoms with Gasteiger partial charge in [0.05, 0.1) is 6.10 Å². The predicted molar refractivity (Wildman–Crippen MR) is 54.1 cm³/mol. The third-order valence-corrected chi connectivity index (χ3v) is 2.62. The molecule has 3 nitrogen and oxygen atoms in total. The minimum absolute atomic E-state index is 0.0803. The largest absolute Gasteiger partial charge is 0.463 e. The second-order valence-corrected chi connectivity index (χ2v) is 3.85. The molecular formula is C11H20O3. The van der Waals surface area contributed by atoms with Crippen molar-refractivity contribution < 1.29 is 14.3 Å². The minimum atomic E-state index is -0.177. The summed E-state index contributed by atoms with van der Waals surface area (Å²) in [4.78, 5) is 10.8. The van der Waals surface area contributed by atoms with E-state index in [0.29, 0.717) is 6.10 Å². The summed E-state index contributed by atoms with van der Waals surface area (Å²) in [5, 5.41) is 0. The zero-order valence-corrected chi connectivity index (χ0v) is 9.12. The molecule has 1 aliphatic rings. The van der Waals surface area contributed by atoms with Gasteiger partial charge in [-0.1, -0.05) is 6.92 Å². The van der Waals surface area contributed by atoms with Gasteiger partial charge in [0.1, 0.15) is 6.10 Å². The Hall–Kier alpha value is -0.570. The molecule has 14 heavy (non-hydrogen) atoms. The molecule has 0 unspecified atom stereocenters. The van der Waals surface area contributed by atoms with Gasteiger partial charge in [-0.05, 0) is 32.1 Å². The first-order valence-electron chi connectivity index (χ1n) is 5.51. The zero-order valence-electron chi connectivity index (χ0n) is 9.12. The van der Waals surface area contributed by atoms with Gasteiger partial charge in [-0.2, -0.15) is 0 Å². The molecule has 0 aromatic heterocycles. The van der Waals surface area contributed by atoms with E-state index in [4.69, 9.17) is 9.47 Å². The molecule has 0 radical (unpaired) electrons. The summed E-state index contributed by atoms with van der Waals surface area (Å²) in [7, 11) is 0. The van der Waals surface area contributed by atoms with E-state index in [-0.39, 0.29) is 12.1 Å². The molecule has 1 aliphatic heterocycles. The van der Waals surface area contributed by atoms with Gasteiger partial charge in [-0.25, -0.2) is 0 Å². The van der Waals surface area contributed by atoms with Crippen LogP contribution in [0.3, 0.4) is 0 Å². The van der Waals surface area contributed by atoms with Gasteiger partial charge in [-0.3, -0.25) is 4.79 Å². The van der Waals surface area contributed by atoms with E-state index in [1.54, 1.807) is 0 Å². The Morgan fingerprint density at radius 1 is 1.64 bits per heavy atom. The van der Waals surface area contributed by atoms with Gasteiger partial charge in [0.25, 0.3) is 0 Å². The Bertz CT molecular complexity index is 173. The molecule has 3 heteroatoms. The van der Waals surface area contributed by atoms with Crippen LogP contribution in [0.5, 0.6) is 0 Å². The van der Waals surface area contributed by atoms with E-state index in [1.165, 1.54) is 13.3 Å². The number of carbonyl (C=O) groups excluding carboxylic acids is 1. The molecule has 1 fully saturated rings. The monoisotopic (exact) mass is 200 g/mol. The lowest BCUT2D eigenvalue weighted by Crippen LogP contribution is -2.18. The summed E-state index contributed by atoms with van der Waals surface area (Å²) >= 11 is 0. The van der Waals surface area contributed by atoms with Gasteiger partial charge in [0.15, 0.2) is 0 Å². The molecule has 0 aliphatic carbocycles. The highest BCUT2D eigenvalue weighted by molar-refractivity contribution is 5.66. The van der Waals surface area contributed by atoms with Crippen molar-refractivity contribution in [3.63, 3.8) is 0 Å². The van der Waals surface area contributed by atoms with Crippen LogP contribution < -0.4 is 0 Å². The fourth-order valence-corrected chi connectivity index (χ4v) is 1.82. The maximum Gasteiger partial charge on any atom is 0.302 e. The van der Waals surface area contributed by atoms with Crippen molar-refractivity contribution in [3.8, 4) is 0 Å². The predicted octanol–water partition coefficient (Wildman–Crippen LogP) is 2.29. The normalized spacial score (nSPS) is 23.4. The average molecular weight is 200 g/mol. The highest BCUT2D eigenvalue weighted by Gasteiger charge is 2.18. The molecule has 1 heterocycles. The quantitative estimate of drug-likeness (QED) is 0.639. The second kappa shape index (κ2) is 6.02. The summed E-state index contributed by atoms with van der Waals surface area (Å²) in [6.45, 7) is 4.41.